The second-order valence-corrected chi connectivity index (χ2v) is 2.92. The Morgan fingerprint density at radius 3 is 2.12 bits per heavy atom. The van der Waals surface area contributed by atoms with Crippen molar-refractivity contribution in [1.82, 2.24) is 9.97 Å². The van der Waals surface area contributed by atoms with E-state index in [1.54, 1.807) is 30.7 Å². The first-order valence-electron chi connectivity index (χ1n) is 4.82. The fraction of sp³-hybridized carbons (Fsp3) is 0.0833. The highest BCUT2D eigenvalue weighted by atomic mass is 16.1. The van der Waals surface area contributed by atoms with Gasteiger partial charge < -0.3 is 5.32 Å². The van der Waals surface area contributed by atoms with Gasteiger partial charge in [-0.1, -0.05) is 12.1 Å². The van der Waals surface area contributed by atoms with E-state index in [2.05, 4.69) is 15.3 Å². The number of hydrogen-bond donors (Lipinski definition) is 1. The minimum Gasteiger partial charge on any atom is -0.311 e. The zero-order chi connectivity index (χ0) is 11.6. The number of aromatic nitrogens is 2. The van der Waals surface area contributed by atoms with Gasteiger partial charge in [-0.2, -0.15) is 0 Å². The van der Waals surface area contributed by atoms with E-state index in [0.717, 1.165) is 0 Å². The highest BCUT2D eigenvalue weighted by Gasteiger charge is 1.91. The van der Waals surface area contributed by atoms with Gasteiger partial charge in [-0.25, -0.2) is 4.98 Å². The molecule has 0 aliphatic carbocycles. The minimum atomic E-state index is -0.0984. The summed E-state index contributed by atoms with van der Waals surface area (Å²) in [4.78, 5) is 18.1. The number of rotatable bonds is 1. The standard InChI is InChI=1S/C7H8N2O.C5H5N/c1-6(10)9-7-4-2-3-5-8-7;1-2-4-6-5-3-1/h2-5H,1H3,(H,8,9,10);1-5H. The molecular formula is C12H13N3O. The molecule has 0 atom stereocenters. The van der Waals surface area contributed by atoms with Crippen LogP contribution >= 0.6 is 0 Å². The molecule has 2 aromatic heterocycles. The Labute approximate surface area is 94.4 Å². The van der Waals surface area contributed by atoms with E-state index < -0.39 is 0 Å². The van der Waals surface area contributed by atoms with Crippen LogP contribution < -0.4 is 5.32 Å². The number of hydrogen-bond acceptors (Lipinski definition) is 3. The lowest BCUT2D eigenvalue weighted by Crippen LogP contribution is -2.06. The van der Waals surface area contributed by atoms with Gasteiger partial charge in [-0.15, -0.1) is 0 Å². The second-order valence-electron chi connectivity index (χ2n) is 2.92. The summed E-state index contributed by atoms with van der Waals surface area (Å²) in [5.41, 5.74) is 0. The topological polar surface area (TPSA) is 54.9 Å². The average molecular weight is 215 g/mol. The molecule has 0 saturated heterocycles. The Morgan fingerprint density at radius 2 is 1.75 bits per heavy atom. The maximum Gasteiger partial charge on any atom is 0.222 e. The molecule has 4 nitrogen and oxygen atoms in total. The first kappa shape index (κ1) is 11.8. The van der Waals surface area contributed by atoms with Crippen molar-refractivity contribution >= 4 is 11.7 Å². The van der Waals surface area contributed by atoms with E-state index in [1.165, 1.54) is 6.92 Å². The number of amides is 1. The summed E-state index contributed by atoms with van der Waals surface area (Å²) in [5, 5.41) is 2.55. The van der Waals surface area contributed by atoms with Crippen molar-refractivity contribution in [3.05, 3.63) is 55.0 Å². The molecule has 0 unspecified atom stereocenters. The molecule has 0 bridgehead atoms. The summed E-state index contributed by atoms with van der Waals surface area (Å²) in [6.45, 7) is 1.45. The van der Waals surface area contributed by atoms with Crippen LogP contribution in [-0.4, -0.2) is 15.9 Å². The van der Waals surface area contributed by atoms with Crippen molar-refractivity contribution in [2.24, 2.45) is 0 Å². The number of nitrogens with zero attached hydrogens (tertiary/aromatic N) is 2. The number of pyridine rings is 2. The second kappa shape index (κ2) is 7.11. The SMILES string of the molecule is CC(=O)Nc1ccccn1.c1ccncc1. The predicted octanol–water partition coefficient (Wildman–Crippen LogP) is 2.12. The van der Waals surface area contributed by atoms with E-state index in [0.29, 0.717) is 5.82 Å². The summed E-state index contributed by atoms with van der Waals surface area (Å²) < 4.78 is 0. The molecule has 0 radical (unpaired) electrons. The number of carbonyl (C=O) groups is 1. The largest absolute Gasteiger partial charge is 0.311 e. The van der Waals surface area contributed by atoms with Crippen LogP contribution in [0.15, 0.2) is 55.0 Å². The van der Waals surface area contributed by atoms with Crippen molar-refractivity contribution in [1.29, 1.82) is 0 Å². The van der Waals surface area contributed by atoms with Crippen LogP contribution in [0.5, 0.6) is 0 Å². The molecule has 16 heavy (non-hydrogen) atoms. The molecule has 0 aliphatic heterocycles. The van der Waals surface area contributed by atoms with Crippen LogP contribution in [0.1, 0.15) is 6.92 Å². The zero-order valence-corrected chi connectivity index (χ0v) is 9.00. The average Bonchev–Trinajstić information content (AvgIpc) is 2.32. The van der Waals surface area contributed by atoms with Gasteiger partial charge in [-0.3, -0.25) is 9.78 Å². The van der Waals surface area contributed by atoms with E-state index in [9.17, 15) is 4.79 Å². The summed E-state index contributed by atoms with van der Waals surface area (Å²) in [6.07, 6.45) is 5.13. The normalized spacial score (nSPS) is 8.56. The Bertz CT molecular complexity index is 376. The molecule has 82 valence electrons. The third-order valence-corrected chi connectivity index (χ3v) is 1.54. The zero-order valence-electron chi connectivity index (χ0n) is 9.00. The lowest BCUT2D eigenvalue weighted by atomic mass is 10.4. The minimum absolute atomic E-state index is 0.0984. The van der Waals surface area contributed by atoms with Crippen LogP contribution in [0.4, 0.5) is 5.82 Å². The first-order chi connectivity index (χ1) is 7.79. The molecule has 2 heterocycles. The maximum atomic E-state index is 10.5. The Hall–Kier alpha value is -2.23. The molecule has 2 aromatic rings. The summed E-state index contributed by atoms with van der Waals surface area (Å²) >= 11 is 0. The molecule has 0 spiro atoms. The van der Waals surface area contributed by atoms with E-state index in [-0.39, 0.29) is 5.91 Å². The Kier molecular flexibility index (Phi) is 5.27. The molecule has 1 amide bonds. The lowest BCUT2D eigenvalue weighted by Gasteiger charge is -1.96. The Morgan fingerprint density at radius 1 is 1.06 bits per heavy atom. The van der Waals surface area contributed by atoms with Crippen LogP contribution in [0.2, 0.25) is 0 Å². The van der Waals surface area contributed by atoms with Gasteiger partial charge in [0.05, 0.1) is 0 Å². The highest BCUT2D eigenvalue weighted by Crippen LogP contribution is 1.97. The Balaban J connectivity index is 0.000000181. The molecule has 0 aliphatic rings. The number of nitrogens with one attached hydrogen (secondary N) is 1. The van der Waals surface area contributed by atoms with Crippen molar-refractivity contribution < 1.29 is 4.79 Å². The summed E-state index contributed by atoms with van der Waals surface area (Å²) in [5.74, 6) is 0.494. The lowest BCUT2D eigenvalue weighted by molar-refractivity contribution is -0.114. The van der Waals surface area contributed by atoms with Crippen LogP contribution in [0.3, 0.4) is 0 Å². The third kappa shape index (κ3) is 5.49. The monoisotopic (exact) mass is 215 g/mol. The van der Waals surface area contributed by atoms with E-state index in [4.69, 9.17) is 0 Å². The van der Waals surface area contributed by atoms with Gasteiger partial charge in [0.2, 0.25) is 5.91 Å². The van der Waals surface area contributed by atoms with Gasteiger partial charge in [-0.05, 0) is 24.3 Å². The molecule has 0 aromatic carbocycles. The fourth-order valence-electron chi connectivity index (χ4n) is 0.930. The van der Waals surface area contributed by atoms with E-state index in [1.807, 2.05) is 24.3 Å². The van der Waals surface area contributed by atoms with Crippen LogP contribution in [-0.2, 0) is 4.79 Å². The molecule has 0 fully saturated rings. The maximum absolute atomic E-state index is 10.5. The van der Waals surface area contributed by atoms with Crippen LogP contribution in [0, 0.1) is 0 Å². The fourth-order valence-corrected chi connectivity index (χ4v) is 0.930. The quantitative estimate of drug-likeness (QED) is 0.792. The number of carbonyl (C=O) groups excluding carboxylic acids is 1. The molecule has 4 heteroatoms. The molecule has 2 rings (SSSR count). The highest BCUT2D eigenvalue weighted by molar-refractivity contribution is 5.87. The first-order valence-corrected chi connectivity index (χ1v) is 4.82. The van der Waals surface area contributed by atoms with Gasteiger partial charge in [0, 0.05) is 25.5 Å². The summed E-state index contributed by atoms with van der Waals surface area (Å²) in [6, 6.07) is 11.1. The van der Waals surface area contributed by atoms with E-state index >= 15 is 0 Å². The van der Waals surface area contributed by atoms with Gasteiger partial charge in [0.25, 0.3) is 0 Å². The van der Waals surface area contributed by atoms with Crippen LogP contribution in [0.25, 0.3) is 0 Å². The molecule has 1 N–H and O–H groups in total. The van der Waals surface area contributed by atoms with Crippen molar-refractivity contribution in [3.63, 3.8) is 0 Å². The number of anilines is 1. The van der Waals surface area contributed by atoms with Gasteiger partial charge >= 0.3 is 0 Å². The smallest absolute Gasteiger partial charge is 0.222 e. The predicted molar refractivity (Wildman–Crippen MR) is 62.8 cm³/mol. The van der Waals surface area contributed by atoms with Gasteiger partial charge in [0.15, 0.2) is 0 Å². The van der Waals surface area contributed by atoms with Crippen molar-refractivity contribution in [3.8, 4) is 0 Å². The summed E-state index contributed by atoms with van der Waals surface area (Å²) in [7, 11) is 0. The third-order valence-electron chi connectivity index (χ3n) is 1.54. The molecular weight excluding hydrogens is 202 g/mol. The van der Waals surface area contributed by atoms with Gasteiger partial charge in [0.1, 0.15) is 5.82 Å². The molecule has 0 saturated carbocycles. The van der Waals surface area contributed by atoms with Crippen molar-refractivity contribution in [2.75, 3.05) is 5.32 Å². The van der Waals surface area contributed by atoms with Crippen molar-refractivity contribution in [2.45, 2.75) is 6.92 Å².